The normalized spacial score (nSPS) is 14.4. The van der Waals surface area contributed by atoms with Gasteiger partial charge in [0.2, 0.25) is 5.91 Å². The molecule has 20 heavy (non-hydrogen) atoms. The molecule has 0 aromatic heterocycles. The standard InChI is InChI=1S/C16H12BrNO2/c1-10-6-7-12(9-14(10)17)18-15(19)8-11-4-2-3-5-13(11)16(18)20/h2-7,9H,8H2,1H3. The van der Waals surface area contributed by atoms with Gasteiger partial charge in [-0.15, -0.1) is 0 Å². The third-order valence-corrected chi connectivity index (χ3v) is 4.31. The molecule has 3 nitrogen and oxygen atoms in total. The predicted molar refractivity (Wildman–Crippen MR) is 80.8 cm³/mol. The van der Waals surface area contributed by atoms with E-state index in [0.29, 0.717) is 11.3 Å². The third kappa shape index (κ3) is 2.06. The van der Waals surface area contributed by atoms with E-state index in [4.69, 9.17) is 0 Å². The molecule has 0 saturated heterocycles. The van der Waals surface area contributed by atoms with Crippen LogP contribution in [0.4, 0.5) is 5.69 Å². The van der Waals surface area contributed by atoms with Crippen LogP contribution in [0.15, 0.2) is 46.9 Å². The molecule has 100 valence electrons. The summed E-state index contributed by atoms with van der Waals surface area (Å²) in [5.41, 5.74) is 3.06. The van der Waals surface area contributed by atoms with E-state index in [1.807, 2.05) is 31.2 Å². The van der Waals surface area contributed by atoms with Gasteiger partial charge in [-0.1, -0.05) is 40.2 Å². The summed E-state index contributed by atoms with van der Waals surface area (Å²) in [4.78, 5) is 26.0. The number of amides is 2. The summed E-state index contributed by atoms with van der Waals surface area (Å²) in [6.07, 6.45) is 0.257. The third-order valence-electron chi connectivity index (χ3n) is 3.46. The first-order valence-corrected chi connectivity index (χ1v) is 7.08. The van der Waals surface area contributed by atoms with Crippen molar-refractivity contribution >= 4 is 33.4 Å². The van der Waals surface area contributed by atoms with Crippen LogP contribution < -0.4 is 4.90 Å². The Bertz CT molecular complexity index is 724. The molecule has 0 aliphatic carbocycles. The largest absolute Gasteiger partial charge is 0.274 e. The summed E-state index contributed by atoms with van der Waals surface area (Å²) in [5, 5.41) is 0. The van der Waals surface area contributed by atoms with E-state index in [9.17, 15) is 9.59 Å². The van der Waals surface area contributed by atoms with E-state index in [-0.39, 0.29) is 18.2 Å². The lowest BCUT2D eigenvalue weighted by Gasteiger charge is -2.27. The highest BCUT2D eigenvalue weighted by Crippen LogP contribution is 2.28. The lowest BCUT2D eigenvalue weighted by Crippen LogP contribution is -2.42. The van der Waals surface area contributed by atoms with Gasteiger partial charge in [0.25, 0.3) is 5.91 Å². The Labute approximate surface area is 125 Å². The molecule has 0 bridgehead atoms. The minimum atomic E-state index is -0.257. The molecule has 0 spiro atoms. The molecule has 0 fully saturated rings. The minimum Gasteiger partial charge on any atom is -0.274 e. The van der Waals surface area contributed by atoms with Crippen LogP contribution in [-0.4, -0.2) is 11.8 Å². The minimum absolute atomic E-state index is 0.190. The van der Waals surface area contributed by atoms with Crippen LogP contribution in [-0.2, 0) is 11.2 Å². The van der Waals surface area contributed by atoms with Gasteiger partial charge in [0, 0.05) is 10.0 Å². The number of halogens is 1. The predicted octanol–water partition coefficient (Wildman–Crippen LogP) is 3.49. The molecule has 0 atom stereocenters. The molecule has 3 rings (SSSR count). The SMILES string of the molecule is Cc1ccc(N2C(=O)Cc3ccccc3C2=O)cc1Br. The zero-order chi connectivity index (χ0) is 14.3. The second kappa shape index (κ2) is 4.87. The zero-order valence-corrected chi connectivity index (χ0v) is 12.5. The van der Waals surface area contributed by atoms with Gasteiger partial charge in [-0.05, 0) is 36.2 Å². The van der Waals surface area contributed by atoms with Gasteiger partial charge in [0.1, 0.15) is 0 Å². The Hall–Kier alpha value is -1.94. The fourth-order valence-corrected chi connectivity index (χ4v) is 2.71. The van der Waals surface area contributed by atoms with Gasteiger partial charge in [0.05, 0.1) is 12.1 Å². The molecule has 2 aromatic carbocycles. The number of carbonyl (C=O) groups is 2. The maximum absolute atomic E-state index is 12.5. The molecule has 0 radical (unpaired) electrons. The van der Waals surface area contributed by atoms with Gasteiger partial charge in [-0.2, -0.15) is 0 Å². The van der Waals surface area contributed by atoms with Crippen LogP contribution in [0, 0.1) is 6.92 Å². The van der Waals surface area contributed by atoms with Crippen molar-refractivity contribution < 1.29 is 9.59 Å². The van der Waals surface area contributed by atoms with Crippen molar-refractivity contribution in [3.63, 3.8) is 0 Å². The number of rotatable bonds is 1. The lowest BCUT2D eigenvalue weighted by atomic mass is 9.98. The van der Waals surface area contributed by atoms with Crippen LogP contribution in [0.25, 0.3) is 0 Å². The highest BCUT2D eigenvalue weighted by Gasteiger charge is 2.31. The second-order valence-corrected chi connectivity index (χ2v) is 5.66. The second-order valence-electron chi connectivity index (χ2n) is 4.80. The maximum Gasteiger partial charge on any atom is 0.265 e. The maximum atomic E-state index is 12.5. The number of fused-ring (bicyclic) bond motifs is 1. The number of anilines is 1. The molecule has 2 aromatic rings. The fourth-order valence-electron chi connectivity index (χ4n) is 2.34. The van der Waals surface area contributed by atoms with Crippen molar-refractivity contribution in [1.29, 1.82) is 0 Å². The fraction of sp³-hybridized carbons (Fsp3) is 0.125. The molecule has 1 heterocycles. The van der Waals surface area contributed by atoms with E-state index < -0.39 is 0 Å². The molecule has 1 aliphatic heterocycles. The van der Waals surface area contributed by atoms with Gasteiger partial charge in [0.15, 0.2) is 0 Å². The van der Waals surface area contributed by atoms with Gasteiger partial charge in [-0.3, -0.25) is 9.59 Å². The van der Waals surface area contributed by atoms with Crippen LogP contribution in [0.3, 0.4) is 0 Å². The number of benzene rings is 2. The van der Waals surface area contributed by atoms with E-state index in [0.717, 1.165) is 15.6 Å². The zero-order valence-electron chi connectivity index (χ0n) is 10.9. The topological polar surface area (TPSA) is 37.4 Å². The Morgan fingerprint density at radius 1 is 1.10 bits per heavy atom. The average Bonchev–Trinajstić information content (AvgIpc) is 2.43. The quantitative estimate of drug-likeness (QED) is 0.751. The van der Waals surface area contributed by atoms with Crippen molar-refractivity contribution in [3.05, 3.63) is 63.6 Å². The molecule has 2 amide bonds. The van der Waals surface area contributed by atoms with Crippen LogP contribution in [0.2, 0.25) is 0 Å². The van der Waals surface area contributed by atoms with E-state index in [1.165, 1.54) is 4.90 Å². The monoisotopic (exact) mass is 329 g/mol. The summed E-state index contributed by atoms with van der Waals surface area (Å²) in [5.74, 6) is -0.447. The average molecular weight is 330 g/mol. The summed E-state index contributed by atoms with van der Waals surface area (Å²) in [7, 11) is 0. The summed E-state index contributed by atoms with van der Waals surface area (Å²) >= 11 is 3.43. The first-order chi connectivity index (χ1) is 9.58. The van der Waals surface area contributed by atoms with E-state index in [2.05, 4.69) is 15.9 Å². The van der Waals surface area contributed by atoms with Crippen molar-refractivity contribution in [1.82, 2.24) is 0 Å². The molecule has 0 N–H and O–H groups in total. The first-order valence-electron chi connectivity index (χ1n) is 6.29. The Morgan fingerprint density at radius 2 is 1.85 bits per heavy atom. The summed E-state index contributed by atoms with van der Waals surface area (Å²) in [6, 6.07) is 12.7. The number of hydrogen-bond acceptors (Lipinski definition) is 2. The van der Waals surface area contributed by atoms with Crippen LogP contribution in [0.1, 0.15) is 21.5 Å². The molecule has 4 heteroatoms. The van der Waals surface area contributed by atoms with Crippen molar-refractivity contribution in [2.24, 2.45) is 0 Å². The van der Waals surface area contributed by atoms with Gasteiger partial charge >= 0.3 is 0 Å². The van der Waals surface area contributed by atoms with Gasteiger partial charge < -0.3 is 0 Å². The molecule has 1 aliphatic rings. The van der Waals surface area contributed by atoms with Crippen molar-refractivity contribution in [3.8, 4) is 0 Å². The van der Waals surface area contributed by atoms with Crippen LogP contribution >= 0.6 is 15.9 Å². The van der Waals surface area contributed by atoms with Crippen LogP contribution in [0.5, 0.6) is 0 Å². The van der Waals surface area contributed by atoms with E-state index in [1.54, 1.807) is 18.2 Å². The molecular weight excluding hydrogens is 318 g/mol. The summed E-state index contributed by atoms with van der Waals surface area (Å²) in [6.45, 7) is 1.96. The lowest BCUT2D eigenvalue weighted by molar-refractivity contribution is -0.117. The number of aryl methyl sites for hydroxylation is 1. The highest BCUT2D eigenvalue weighted by atomic mass is 79.9. The molecular formula is C16H12BrNO2. The first kappa shape index (κ1) is 13.1. The molecule has 0 saturated carbocycles. The van der Waals surface area contributed by atoms with E-state index >= 15 is 0 Å². The smallest absolute Gasteiger partial charge is 0.265 e. The van der Waals surface area contributed by atoms with Crippen molar-refractivity contribution in [2.75, 3.05) is 4.90 Å². The number of hydrogen-bond donors (Lipinski definition) is 0. The highest BCUT2D eigenvalue weighted by molar-refractivity contribution is 9.10. The Kier molecular flexibility index (Phi) is 3.18. The van der Waals surface area contributed by atoms with Gasteiger partial charge in [-0.25, -0.2) is 4.90 Å². The Morgan fingerprint density at radius 3 is 2.60 bits per heavy atom. The Balaban J connectivity index is 2.08. The number of nitrogens with zero attached hydrogens (tertiary/aromatic N) is 1. The number of carbonyl (C=O) groups excluding carboxylic acids is 2. The molecule has 0 unspecified atom stereocenters. The van der Waals surface area contributed by atoms with Crippen molar-refractivity contribution in [2.45, 2.75) is 13.3 Å². The number of imide groups is 1. The summed E-state index contributed by atoms with van der Waals surface area (Å²) < 4.78 is 0.884.